The first-order valence-corrected chi connectivity index (χ1v) is 6.64. The minimum absolute atomic E-state index is 0.438. The molecule has 17 heavy (non-hydrogen) atoms. The number of halogens is 1. The molecule has 0 aliphatic heterocycles. The summed E-state index contributed by atoms with van der Waals surface area (Å²) < 4.78 is 5.82. The Labute approximate surface area is 112 Å². The molecule has 0 spiro atoms. The van der Waals surface area contributed by atoms with E-state index in [0.717, 1.165) is 27.3 Å². The third kappa shape index (κ3) is 2.88. The van der Waals surface area contributed by atoms with E-state index in [1.165, 1.54) is 0 Å². The van der Waals surface area contributed by atoms with Crippen molar-refractivity contribution in [3.8, 4) is 5.75 Å². The quantitative estimate of drug-likeness (QED) is 0.805. The Morgan fingerprint density at radius 2 is 1.88 bits per heavy atom. The summed E-state index contributed by atoms with van der Waals surface area (Å²) >= 11 is 10.4. The molecule has 1 nitrogen and oxygen atoms in total. The van der Waals surface area contributed by atoms with Crippen molar-refractivity contribution in [1.29, 1.82) is 0 Å². The van der Waals surface area contributed by atoms with Crippen LogP contribution >= 0.6 is 24.2 Å². The monoisotopic (exact) mass is 266 g/mol. The lowest BCUT2D eigenvalue weighted by molar-refractivity contribution is 0.277. The van der Waals surface area contributed by atoms with E-state index in [0.29, 0.717) is 12.5 Å². The highest BCUT2D eigenvalue weighted by Gasteiger charge is 2.06. The zero-order valence-corrected chi connectivity index (χ0v) is 11.3. The molecule has 0 aromatic heterocycles. The number of thiol groups is 1. The van der Waals surface area contributed by atoms with E-state index in [1.54, 1.807) is 0 Å². The normalized spacial score (nSPS) is 12.6. The molecule has 2 aromatic rings. The average molecular weight is 267 g/mol. The fraction of sp³-hybridized carbons (Fsp3) is 0.286. The molecule has 3 heteroatoms. The summed E-state index contributed by atoms with van der Waals surface area (Å²) in [7, 11) is 0. The zero-order valence-electron chi connectivity index (χ0n) is 9.69. The van der Waals surface area contributed by atoms with Gasteiger partial charge < -0.3 is 4.74 Å². The van der Waals surface area contributed by atoms with Gasteiger partial charge in [0.1, 0.15) is 5.75 Å². The maximum Gasteiger partial charge on any atom is 0.127 e. The Kier molecular flexibility index (Phi) is 4.19. The van der Waals surface area contributed by atoms with Crippen molar-refractivity contribution >= 4 is 35.0 Å². The second-order valence-electron chi connectivity index (χ2n) is 4.19. The van der Waals surface area contributed by atoms with Gasteiger partial charge in [-0.05, 0) is 23.8 Å². The minimum atomic E-state index is 0.438. The predicted octanol–water partition coefficient (Wildman–Crippen LogP) is 4.44. The second kappa shape index (κ2) is 5.65. The van der Waals surface area contributed by atoms with Gasteiger partial charge in [-0.3, -0.25) is 0 Å². The third-order valence-electron chi connectivity index (χ3n) is 2.67. The number of benzene rings is 2. The SMILES string of the molecule is CC(CS)COc1ccc(Cl)c2ccccc12. The van der Waals surface area contributed by atoms with Crippen LogP contribution in [0.1, 0.15) is 6.92 Å². The van der Waals surface area contributed by atoms with Gasteiger partial charge in [0.25, 0.3) is 0 Å². The summed E-state index contributed by atoms with van der Waals surface area (Å²) in [5.41, 5.74) is 0. The van der Waals surface area contributed by atoms with Crippen molar-refractivity contribution in [2.45, 2.75) is 6.92 Å². The maximum atomic E-state index is 6.15. The van der Waals surface area contributed by atoms with Gasteiger partial charge in [0.15, 0.2) is 0 Å². The second-order valence-corrected chi connectivity index (χ2v) is 4.96. The smallest absolute Gasteiger partial charge is 0.127 e. The third-order valence-corrected chi connectivity index (χ3v) is 3.62. The van der Waals surface area contributed by atoms with Gasteiger partial charge in [-0.25, -0.2) is 0 Å². The van der Waals surface area contributed by atoms with Crippen LogP contribution in [0.3, 0.4) is 0 Å². The summed E-state index contributed by atoms with van der Waals surface area (Å²) in [6, 6.07) is 11.8. The van der Waals surface area contributed by atoms with Crippen molar-refractivity contribution in [3.63, 3.8) is 0 Å². The summed E-state index contributed by atoms with van der Waals surface area (Å²) in [4.78, 5) is 0. The number of hydrogen-bond acceptors (Lipinski definition) is 2. The molecule has 0 aliphatic rings. The van der Waals surface area contributed by atoms with Crippen LogP contribution in [0.15, 0.2) is 36.4 Å². The van der Waals surface area contributed by atoms with Crippen LogP contribution in [0.25, 0.3) is 10.8 Å². The van der Waals surface area contributed by atoms with Crippen LogP contribution in [0.2, 0.25) is 5.02 Å². The van der Waals surface area contributed by atoms with Crippen LogP contribution in [0.5, 0.6) is 5.75 Å². The molecular weight excluding hydrogens is 252 g/mol. The van der Waals surface area contributed by atoms with E-state index in [1.807, 2.05) is 36.4 Å². The van der Waals surface area contributed by atoms with E-state index in [9.17, 15) is 0 Å². The minimum Gasteiger partial charge on any atom is -0.493 e. The number of fused-ring (bicyclic) bond motifs is 1. The van der Waals surface area contributed by atoms with E-state index < -0.39 is 0 Å². The summed E-state index contributed by atoms with van der Waals surface area (Å²) in [6.07, 6.45) is 0. The molecule has 0 fully saturated rings. The molecule has 0 amide bonds. The van der Waals surface area contributed by atoms with Crippen LogP contribution in [0, 0.1) is 5.92 Å². The molecular formula is C14H15ClOS. The maximum absolute atomic E-state index is 6.15. The Morgan fingerprint density at radius 3 is 2.59 bits per heavy atom. The summed E-state index contributed by atoms with van der Waals surface area (Å²) in [6.45, 7) is 2.79. The highest BCUT2D eigenvalue weighted by Crippen LogP contribution is 2.31. The van der Waals surface area contributed by atoms with Gasteiger partial charge in [-0.15, -0.1) is 0 Å². The van der Waals surface area contributed by atoms with Crippen molar-refractivity contribution in [1.82, 2.24) is 0 Å². The molecule has 90 valence electrons. The Bertz CT molecular complexity index is 513. The van der Waals surface area contributed by atoms with Crippen molar-refractivity contribution in [3.05, 3.63) is 41.4 Å². The average Bonchev–Trinajstić information content (AvgIpc) is 2.38. The number of ether oxygens (including phenoxy) is 1. The Balaban J connectivity index is 2.32. The Hall–Kier alpha value is -0.860. The molecule has 0 aliphatic carbocycles. The Morgan fingerprint density at radius 1 is 1.18 bits per heavy atom. The van der Waals surface area contributed by atoms with Gasteiger partial charge in [0, 0.05) is 15.8 Å². The lowest BCUT2D eigenvalue weighted by atomic mass is 10.1. The van der Waals surface area contributed by atoms with Crippen molar-refractivity contribution < 1.29 is 4.74 Å². The largest absolute Gasteiger partial charge is 0.493 e. The van der Waals surface area contributed by atoms with Gasteiger partial charge >= 0.3 is 0 Å². The fourth-order valence-electron chi connectivity index (χ4n) is 1.65. The lowest BCUT2D eigenvalue weighted by Gasteiger charge is -2.13. The molecule has 0 saturated carbocycles. The topological polar surface area (TPSA) is 9.23 Å². The predicted molar refractivity (Wildman–Crippen MR) is 77.5 cm³/mol. The van der Waals surface area contributed by atoms with Gasteiger partial charge in [0.05, 0.1) is 6.61 Å². The molecule has 2 aromatic carbocycles. The number of hydrogen-bond donors (Lipinski definition) is 1. The van der Waals surface area contributed by atoms with Crippen LogP contribution in [0.4, 0.5) is 0 Å². The summed E-state index contributed by atoms with van der Waals surface area (Å²) in [5.74, 6) is 2.15. The standard InChI is InChI=1S/C14H15ClOS/c1-10(9-17)8-16-14-7-6-13(15)11-4-2-3-5-12(11)14/h2-7,10,17H,8-9H2,1H3. The van der Waals surface area contributed by atoms with Crippen molar-refractivity contribution in [2.24, 2.45) is 5.92 Å². The van der Waals surface area contributed by atoms with E-state index in [4.69, 9.17) is 16.3 Å². The molecule has 0 heterocycles. The molecule has 0 N–H and O–H groups in total. The molecule has 0 saturated heterocycles. The van der Waals surface area contributed by atoms with Crippen LogP contribution in [-0.2, 0) is 0 Å². The van der Waals surface area contributed by atoms with Crippen LogP contribution < -0.4 is 4.74 Å². The molecule has 1 atom stereocenters. The molecule has 0 radical (unpaired) electrons. The highest BCUT2D eigenvalue weighted by atomic mass is 35.5. The van der Waals surface area contributed by atoms with E-state index >= 15 is 0 Å². The van der Waals surface area contributed by atoms with E-state index in [2.05, 4.69) is 19.6 Å². The first-order chi connectivity index (χ1) is 8.22. The van der Waals surface area contributed by atoms with Gasteiger partial charge in [-0.1, -0.05) is 42.8 Å². The molecule has 2 rings (SSSR count). The lowest BCUT2D eigenvalue weighted by Crippen LogP contribution is -2.09. The highest BCUT2D eigenvalue weighted by molar-refractivity contribution is 7.80. The van der Waals surface area contributed by atoms with E-state index in [-0.39, 0.29) is 0 Å². The first-order valence-electron chi connectivity index (χ1n) is 5.63. The molecule has 1 unspecified atom stereocenters. The van der Waals surface area contributed by atoms with Gasteiger partial charge in [0.2, 0.25) is 0 Å². The molecule has 0 bridgehead atoms. The van der Waals surface area contributed by atoms with Crippen molar-refractivity contribution in [2.75, 3.05) is 12.4 Å². The summed E-state index contributed by atoms with van der Waals surface area (Å²) in [5, 5.41) is 2.85. The first kappa shape index (κ1) is 12.6. The number of rotatable bonds is 4. The van der Waals surface area contributed by atoms with Gasteiger partial charge in [-0.2, -0.15) is 12.6 Å². The fourth-order valence-corrected chi connectivity index (χ4v) is 1.98. The zero-order chi connectivity index (χ0) is 12.3. The van der Waals surface area contributed by atoms with Crippen LogP contribution in [-0.4, -0.2) is 12.4 Å².